The molecule has 0 spiro atoms. The molecule has 0 aromatic carbocycles. The maximum absolute atomic E-state index is 11.0. The predicted molar refractivity (Wildman–Crippen MR) is 64.0 cm³/mol. The summed E-state index contributed by atoms with van der Waals surface area (Å²) in [5.74, 6) is 0.0901. The lowest BCUT2D eigenvalue weighted by Crippen LogP contribution is -2.23. The molecule has 1 atom stereocenters. The van der Waals surface area contributed by atoms with Gasteiger partial charge in [0.15, 0.2) is 0 Å². The lowest BCUT2D eigenvalue weighted by Gasteiger charge is -2.12. The minimum Gasteiger partial charge on any atom is -0.359 e. The Bertz CT molecular complexity index is 313. The van der Waals surface area contributed by atoms with Crippen LogP contribution in [-0.2, 0) is 4.79 Å². The quantitative estimate of drug-likeness (QED) is 0.711. The zero-order valence-electron chi connectivity index (χ0n) is 9.86. The lowest BCUT2D eigenvalue weighted by atomic mass is 10.2. The monoisotopic (exact) mass is 221 g/mol. The first kappa shape index (κ1) is 12.6. The molecular weight excluding hydrogens is 202 g/mol. The first-order chi connectivity index (χ1) is 7.74. The van der Waals surface area contributed by atoms with Gasteiger partial charge in [-0.15, -0.1) is 0 Å². The lowest BCUT2D eigenvalue weighted by molar-refractivity contribution is -0.120. The van der Waals surface area contributed by atoms with Crippen molar-refractivity contribution >= 4 is 5.91 Å². The van der Waals surface area contributed by atoms with Crippen LogP contribution in [0.25, 0.3) is 0 Å². The van der Waals surface area contributed by atoms with E-state index in [2.05, 4.69) is 22.5 Å². The van der Waals surface area contributed by atoms with Crippen LogP contribution >= 0.6 is 0 Å². The topological polar surface area (TPSA) is 54.0 Å². The van der Waals surface area contributed by atoms with E-state index < -0.39 is 0 Å². The van der Waals surface area contributed by atoms with Crippen molar-refractivity contribution in [2.24, 2.45) is 0 Å². The van der Waals surface area contributed by atoms with Gasteiger partial charge in [-0.1, -0.05) is 6.07 Å². The molecule has 0 aliphatic carbocycles. The number of nitrogens with zero attached hydrogens (tertiary/aromatic N) is 1. The molecule has 0 saturated carbocycles. The van der Waals surface area contributed by atoms with Crippen LogP contribution in [0.1, 0.15) is 31.5 Å². The summed E-state index contributed by atoms with van der Waals surface area (Å²) in [5, 5.41) is 5.94. The predicted octanol–water partition coefficient (Wildman–Crippen LogP) is 1.26. The normalized spacial score (nSPS) is 12.1. The van der Waals surface area contributed by atoms with E-state index in [1.165, 1.54) is 0 Å². The molecule has 1 amide bonds. The molecule has 1 aromatic rings. The Labute approximate surface area is 96.5 Å². The van der Waals surface area contributed by atoms with Crippen molar-refractivity contribution in [1.82, 2.24) is 15.6 Å². The van der Waals surface area contributed by atoms with Crippen LogP contribution in [0.4, 0.5) is 0 Å². The Morgan fingerprint density at radius 2 is 2.31 bits per heavy atom. The summed E-state index contributed by atoms with van der Waals surface area (Å²) in [6, 6.07) is 6.11. The molecule has 0 saturated heterocycles. The van der Waals surface area contributed by atoms with Gasteiger partial charge in [-0.2, -0.15) is 0 Å². The number of rotatable bonds is 6. The van der Waals surface area contributed by atoms with Crippen LogP contribution in [-0.4, -0.2) is 24.5 Å². The third kappa shape index (κ3) is 4.40. The van der Waals surface area contributed by atoms with Crippen molar-refractivity contribution in [2.75, 3.05) is 13.6 Å². The van der Waals surface area contributed by atoms with Crippen molar-refractivity contribution in [1.29, 1.82) is 0 Å². The average Bonchev–Trinajstić information content (AvgIpc) is 2.35. The van der Waals surface area contributed by atoms with Crippen LogP contribution in [0.2, 0.25) is 0 Å². The first-order valence-electron chi connectivity index (χ1n) is 5.59. The molecule has 0 bridgehead atoms. The summed E-state index contributed by atoms with van der Waals surface area (Å²) < 4.78 is 0. The van der Waals surface area contributed by atoms with E-state index in [1.807, 2.05) is 18.2 Å². The van der Waals surface area contributed by atoms with Crippen molar-refractivity contribution in [3.05, 3.63) is 30.1 Å². The number of carbonyl (C=O) groups excluding carboxylic acids is 1. The molecule has 1 aromatic heterocycles. The van der Waals surface area contributed by atoms with Gasteiger partial charge in [-0.25, -0.2) is 0 Å². The molecule has 0 aliphatic rings. The van der Waals surface area contributed by atoms with Crippen molar-refractivity contribution < 1.29 is 4.79 Å². The Kier molecular flexibility index (Phi) is 5.50. The molecule has 16 heavy (non-hydrogen) atoms. The second-order valence-electron chi connectivity index (χ2n) is 3.71. The van der Waals surface area contributed by atoms with Crippen LogP contribution in [0.5, 0.6) is 0 Å². The Hall–Kier alpha value is -1.42. The number of nitrogens with one attached hydrogen (secondary N) is 2. The maximum atomic E-state index is 11.0. The summed E-state index contributed by atoms with van der Waals surface area (Å²) >= 11 is 0. The number of hydrogen-bond donors (Lipinski definition) is 2. The molecule has 4 heteroatoms. The minimum absolute atomic E-state index is 0.0901. The van der Waals surface area contributed by atoms with Gasteiger partial charge in [0.2, 0.25) is 5.91 Å². The minimum atomic E-state index is 0.0901. The summed E-state index contributed by atoms with van der Waals surface area (Å²) in [6.07, 6.45) is 3.20. The number of carbonyl (C=O) groups is 1. The zero-order valence-corrected chi connectivity index (χ0v) is 9.86. The third-order valence-corrected chi connectivity index (χ3v) is 2.44. The van der Waals surface area contributed by atoms with E-state index >= 15 is 0 Å². The zero-order chi connectivity index (χ0) is 11.8. The van der Waals surface area contributed by atoms with Crippen LogP contribution < -0.4 is 10.6 Å². The fraction of sp³-hybridized carbons (Fsp3) is 0.500. The van der Waals surface area contributed by atoms with Crippen LogP contribution in [0.3, 0.4) is 0 Å². The molecule has 0 radical (unpaired) electrons. The summed E-state index contributed by atoms with van der Waals surface area (Å²) in [5.41, 5.74) is 1.03. The summed E-state index contributed by atoms with van der Waals surface area (Å²) in [6.45, 7) is 2.90. The van der Waals surface area contributed by atoms with Gasteiger partial charge in [0, 0.05) is 25.7 Å². The molecule has 0 unspecified atom stereocenters. The van der Waals surface area contributed by atoms with Gasteiger partial charge < -0.3 is 10.6 Å². The molecule has 2 N–H and O–H groups in total. The largest absolute Gasteiger partial charge is 0.359 e. The highest BCUT2D eigenvalue weighted by Gasteiger charge is 2.04. The van der Waals surface area contributed by atoms with Crippen molar-refractivity contribution in [2.45, 2.75) is 25.8 Å². The van der Waals surface area contributed by atoms with E-state index in [-0.39, 0.29) is 11.9 Å². The van der Waals surface area contributed by atoms with E-state index in [4.69, 9.17) is 0 Å². The highest BCUT2D eigenvalue weighted by atomic mass is 16.1. The number of aromatic nitrogens is 1. The maximum Gasteiger partial charge on any atom is 0.219 e. The van der Waals surface area contributed by atoms with Crippen LogP contribution in [0, 0.1) is 0 Å². The summed E-state index contributed by atoms with van der Waals surface area (Å²) in [4.78, 5) is 15.2. The summed E-state index contributed by atoms with van der Waals surface area (Å²) in [7, 11) is 1.66. The first-order valence-corrected chi connectivity index (χ1v) is 5.59. The van der Waals surface area contributed by atoms with Gasteiger partial charge in [0.1, 0.15) is 0 Å². The number of hydrogen-bond acceptors (Lipinski definition) is 3. The molecule has 0 fully saturated rings. The van der Waals surface area contributed by atoms with E-state index in [9.17, 15) is 4.79 Å². The van der Waals surface area contributed by atoms with Crippen LogP contribution in [0.15, 0.2) is 24.4 Å². The molecule has 88 valence electrons. The van der Waals surface area contributed by atoms with E-state index in [0.29, 0.717) is 6.42 Å². The molecule has 4 nitrogen and oxygen atoms in total. The van der Waals surface area contributed by atoms with Crippen molar-refractivity contribution in [3.8, 4) is 0 Å². The van der Waals surface area contributed by atoms with Gasteiger partial charge in [-0.05, 0) is 32.0 Å². The van der Waals surface area contributed by atoms with Gasteiger partial charge in [0.05, 0.1) is 5.69 Å². The van der Waals surface area contributed by atoms with E-state index in [0.717, 1.165) is 18.7 Å². The third-order valence-electron chi connectivity index (χ3n) is 2.44. The number of amides is 1. The molecule has 1 heterocycles. The average molecular weight is 221 g/mol. The van der Waals surface area contributed by atoms with Gasteiger partial charge in [0.25, 0.3) is 0 Å². The smallest absolute Gasteiger partial charge is 0.219 e. The fourth-order valence-corrected chi connectivity index (χ4v) is 1.43. The van der Waals surface area contributed by atoms with E-state index in [1.54, 1.807) is 13.2 Å². The molecule has 0 aliphatic heterocycles. The second kappa shape index (κ2) is 6.95. The SMILES string of the molecule is CNC(=O)CCCN[C@@H](C)c1ccccn1. The van der Waals surface area contributed by atoms with Gasteiger partial charge >= 0.3 is 0 Å². The fourth-order valence-electron chi connectivity index (χ4n) is 1.43. The highest BCUT2D eigenvalue weighted by molar-refractivity contribution is 5.75. The molecule has 1 rings (SSSR count). The highest BCUT2D eigenvalue weighted by Crippen LogP contribution is 2.07. The Balaban J connectivity index is 2.21. The van der Waals surface area contributed by atoms with Crippen molar-refractivity contribution in [3.63, 3.8) is 0 Å². The Morgan fingerprint density at radius 1 is 1.50 bits per heavy atom. The standard InChI is InChI=1S/C12H19N3O/c1-10(11-6-3-4-8-15-11)14-9-5-7-12(16)13-2/h3-4,6,8,10,14H,5,7,9H2,1-2H3,(H,13,16)/t10-/m0/s1. The number of pyridine rings is 1. The second-order valence-corrected chi connectivity index (χ2v) is 3.71. The Morgan fingerprint density at radius 3 is 2.94 bits per heavy atom. The molecular formula is C12H19N3O. The van der Waals surface area contributed by atoms with Gasteiger partial charge in [-0.3, -0.25) is 9.78 Å².